The highest BCUT2D eigenvalue weighted by Crippen LogP contribution is 2.21. The van der Waals surface area contributed by atoms with E-state index in [0.29, 0.717) is 13.0 Å². The number of nitriles is 1. The van der Waals surface area contributed by atoms with E-state index in [1.54, 1.807) is 0 Å². The molecule has 5 nitrogen and oxygen atoms in total. The third kappa shape index (κ3) is 3.83. The first-order chi connectivity index (χ1) is 10.3. The SMILES string of the molecule is CCNCc1cn(CC(=O)NCCC#N)c2ccccc12. The maximum absolute atomic E-state index is 11.9. The Morgan fingerprint density at radius 2 is 2.19 bits per heavy atom. The standard InChI is InChI=1S/C16H20N4O/c1-2-18-10-13-11-20(12-16(21)19-9-5-8-17)15-7-4-3-6-14(13)15/h3-4,6-7,11,18H,2,5,9-10,12H2,1H3,(H,19,21). The van der Waals surface area contributed by atoms with Gasteiger partial charge in [-0.3, -0.25) is 4.79 Å². The number of carbonyl (C=O) groups excluding carboxylic acids is 1. The number of para-hydroxylation sites is 1. The molecule has 21 heavy (non-hydrogen) atoms. The van der Waals surface area contributed by atoms with Crippen molar-refractivity contribution in [2.24, 2.45) is 0 Å². The smallest absolute Gasteiger partial charge is 0.239 e. The first-order valence-electron chi connectivity index (χ1n) is 7.17. The van der Waals surface area contributed by atoms with Gasteiger partial charge in [0, 0.05) is 30.2 Å². The normalized spacial score (nSPS) is 10.5. The zero-order valence-electron chi connectivity index (χ0n) is 12.2. The van der Waals surface area contributed by atoms with Crippen molar-refractivity contribution in [1.29, 1.82) is 5.26 Å². The van der Waals surface area contributed by atoms with E-state index >= 15 is 0 Å². The van der Waals surface area contributed by atoms with Gasteiger partial charge in [-0.05, 0) is 18.2 Å². The first kappa shape index (κ1) is 15.1. The molecule has 110 valence electrons. The topological polar surface area (TPSA) is 69.8 Å². The largest absolute Gasteiger partial charge is 0.354 e. The zero-order valence-corrected chi connectivity index (χ0v) is 12.2. The molecule has 1 heterocycles. The van der Waals surface area contributed by atoms with E-state index in [1.807, 2.05) is 35.0 Å². The Kier molecular flexibility index (Phi) is 5.35. The fourth-order valence-corrected chi connectivity index (χ4v) is 2.32. The third-order valence-electron chi connectivity index (χ3n) is 3.31. The van der Waals surface area contributed by atoms with Crippen LogP contribution in [0.1, 0.15) is 18.9 Å². The molecular formula is C16H20N4O. The summed E-state index contributed by atoms with van der Waals surface area (Å²) in [6.07, 6.45) is 2.36. The molecule has 2 aromatic rings. The molecular weight excluding hydrogens is 264 g/mol. The van der Waals surface area contributed by atoms with E-state index in [2.05, 4.69) is 23.6 Å². The van der Waals surface area contributed by atoms with Crippen LogP contribution in [0.25, 0.3) is 10.9 Å². The van der Waals surface area contributed by atoms with Gasteiger partial charge in [0.15, 0.2) is 0 Å². The van der Waals surface area contributed by atoms with Crippen molar-refractivity contribution < 1.29 is 4.79 Å². The number of fused-ring (bicyclic) bond motifs is 1. The van der Waals surface area contributed by atoms with Crippen LogP contribution in [0.2, 0.25) is 0 Å². The van der Waals surface area contributed by atoms with Gasteiger partial charge in [0.1, 0.15) is 6.54 Å². The second kappa shape index (κ2) is 7.46. The maximum atomic E-state index is 11.9. The van der Waals surface area contributed by atoms with Gasteiger partial charge in [-0.15, -0.1) is 0 Å². The van der Waals surface area contributed by atoms with Crippen molar-refractivity contribution >= 4 is 16.8 Å². The molecule has 1 aromatic heterocycles. The van der Waals surface area contributed by atoms with Crippen LogP contribution in [0.3, 0.4) is 0 Å². The van der Waals surface area contributed by atoms with Gasteiger partial charge >= 0.3 is 0 Å². The average Bonchev–Trinajstić information content (AvgIpc) is 2.84. The monoisotopic (exact) mass is 284 g/mol. The fourth-order valence-electron chi connectivity index (χ4n) is 2.32. The minimum atomic E-state index is -0.0685. The van der Waals surface area contributed by atoms with Crippen molar-refractivity contribution in [3.8, 4) is 6.07 Å². The lowest BCUT2D eigenvalue weighted by atomic mass is 10.2. The summed E-state index contributed by atoms with van der Waals surface area (Å²) in [6.45, 7) is 4.45. The first-order valence-corrected chi connectivity index (χ1v) is 7.17. The summed E-state index contributed by atoms with van der Waals surface area (Å²) in [7, 11) is 0. The molecule has 0 bridgehead atoms. The number of amides is 1. The van der Waals surface area contributed by atoms with E-state index in [9.17, 15) is 4.79 Å². The number of carbonyl (C=O) groups is 1. The Morgan fingerprint density at radius 3 is 2.95 bits per heavy atom. The summed E-state index contributed by atoms with van der Waals surface area (Å²) in [6, 6.07) is 10.1. The Labute approximate surface area is 124 Å². The summed E-state index contributed by atoms with van der Waals surface area (Å²) >= 11 is 0. The molecule has 0 saturated carbocycles. The summed E-state index contributed by atoms with van der Waals surface area (Å²) in [5.41, 5.74) is 2.25. The van der Waals surface area contributed by atoms with E-state index in [0.717, 1.165) is 18.6 Å². The number of benzene rings is 1. The highest BCUT2D eigenvalue weighted by Gasteiger charge is 2.10. The molecule has 0 fully saturated rings. The molecule has 0 aliphatic rings. The van der Waals surface area contributed by atoms with Crippen LogP contribution < -0.4 is 10.6 Å². The Balaban J connectivity index is 2.15. The number of rotatable bonds is 7. The van der Waals surface area contributed by atoms with E-state index in [1.165, 1.54) is 10.9 Å². The van der Waals surface area contributed by atoms with E-state index in [4.69, 9.17) is 5.26 Å². The highest BCUT2D eigenvalue weighted by molar-refractivity contribution is 5.86. The fraction of sp³-hybridized carbons (Fsp3) is 0.375. The molecule has 0 spiro atoms. The minimum Gasteiger partial charge on any atom is -0.354 e. The van der Waals surface area contributed by atoms with Crippen molar-refractivity contribution in [3.63, 3.8) is 0 Å². The highest BCUT2D eigenvalue weighted by atomic mass is 16.1. The van der Waals surface area contributed by atoms with Crippen molar-refractivity contribution in [2.45, 2.75) is 26.4 Å². The molecule has 0 radical (unpaired) electrons. The third-order valence-corrected chi connectivity index (χ3v) is 3.31. The summed E-state index contributed by atoms with van der Waals surface area (Å²) < 4.78 is 1.96. The molecule has 2 N–H and O–H groups in total. The second-order valence-electron chi connectivity index (χ2n) is 4.84. The predicted octanol–water partition coefficient (Wildman–Crippen LogP) is 1.78. The van der Waals surface area contributed by atoms with Gasteiger partial charge < -0.3 is 15.2 Å². The number of aromatic nitrogens is 1. The number of hydrogen-bond donors (Lipinski definition) is 2. The molecule has 1 amide bonds. The molecule has 1 aromatic carbocycles. The van der Waals surface area contributed by atoms with Gasteiger partial charge in [0.25, 0.3) is 0 Å². The van der Waals surface area contributed by atoms with Gasteiger partial charge in [0.2, 0.25) is 5.91 Å². The molecule has 0 aliphatic heterocycles. The van der Waals surface area contributed by atoms with Crippen LogP contribution in [0.4, 0.5) is 0 Å². The Bertz CT molecular complexity index is 654. The van der Waals surface area contributed by atoms with Crippen molar-refractivity contribution in [2.75, 3.05) is 13.1 Å². The quantitative estimate of drug-likeness (QED) is 0.761. The number of hydrogen-bond acceptors (Lipinski definition) is 3. The predicted molar refractivity (Wildman–Crippen MR) is 82.6 cm³/mol. The average molecular weight is 284 g/mol. The number of nitrogens with zero attached hydrogens (tertiary/aromatic N) is 2. The molecule has 0 aliphatic carbocycles. The summed E-state index contributed by atoms with van der Waals surface area (Å²) in [4.78, 5) is 11.9. The molecule has 0 saturated heterocycles. The summed E-state index contributed by atoms with van der Waals surface area (Å²) in [5, 5.41) is 15.7. The van der Waals surface area contributed by atoms with Crippen LogP contribution in [0.15, 0.2) is 30.5 Å². The van der Waals surface area contributed by atoms with Crippen LogP contribution in [0.5, 0.6) is 0 Å². The van der Waals surface area contributed by atoms with Gasteiger partial charge in [-0.1, -0.05) is 25.1 Å². The van der Waals surface area contributed by atoms with Crippen molar-refractivity contribution in [1.82, 2.24) is 15.2 Å². The van der Waals surface area contributed by atoms with Crippen LogP contribution in [-0.4, -0.2) is 23.6 Å². The second-order valence-corrected chi connectivity index (χ2v) is 4.84. The van der Waals surface area contributed by atoms with Crippen LogP contribution in [0, 0.1) is 11.3 Å². The molecule has 2 rings (SSSR count). The molecule has 0 unspecified atom stereocenters. The van der Waals surface area contributed by atoms with Gasteiger partial charge in [-0.25, -0.2) is 0 Å². The molecule has 5 heteroatoms. The minimum absolute atomic E-state index is 0.0685. The van der Waals surface area contributed by atoms with E-state index < -0.39 is 0 Å². The Hall–Kier alpha value is -2.32. The van der Waals surface area contributed by atoms with Gasteiger partial charge in [0.05, 0.1) is 12.5 Å². The lowest BCUT2D eigenvalue weighted by Crippen LogP contribution is -2.28. The zero-order chi connectivity index (χ0) is 15.1. The Morgan fingerprint density at radius 1 is 1.38 bits per heavy atom. The van der Waals surface area contributed by atoms with Crippen LogP contribution >= 0.6 is 0 Å². The molecule has 0 atom stereocenters. The van der Waals surface area contributed by atoms with E-state index in [-0.39, 0.29) is 12.5 Å². The summed E-state index contributed by atoms with van der Waals surface area (Å²) in [5.74, 6) is -0.0685. The lowest BCUT2D eigenvalue weighted by Gasteiger charge is -2.05. The van der Waals surface area contributed by atoms with Crippen molar-refractivity contribution in [3.05, 3.63) is 36.0 Å². The number of nitrogens with one attached hydrogen (secondary N) is 2. The van der Waals surface area contributed by atoms with Gasteiger partial charge in [-0.2, -0.15) is 5.26 Å². The lowest BCUT2D eigenvalue weighted by molar-refractivity contribution is -0.121. The maximum Gasteiger partial charge on any atom is 0.239 e. The van der Waals surface area contributed by atoms with Crippen LogP contribution in [-0.2, 0) is 17.9 Å².